The molecule has 1 aromatic heterocycles. The number of rotatable bonds is 3. The Morgan fingerprint density at radius 3 is 2.58 bits per heavy atom. The normalized spacial score (nSPS) is 12.4. The van der Waals surface area contributed by atoms with Gasteiger partial charge in [-0.2, -0.15) is 0 Å². The second-order valence-corrected chi connectivity index (χ2v) is 2.56. The van der Waals surface area contributed by atoms with Crippen molar-refractivity contribution in [2.24, 2.45) is 11.5 Å². The van der Waals surface area contributed by atoms with Gasteiger partial charge in [-0.05, 0) is 17.7 Å². The van der Waals surface area contributed by atoms with Crippen LogP contribution in [0.15, 0.2) is 24.5 Å². The van der Waals surface area contributed by atoms with Crippen molar-refractivity contribution in [3.8, 4) is 0 Å². The van der Waals surface area contributed by atoms with Crippen LogP contribution in [0.2, 0.25) is 0 Å². The second kappa shape index (κ2) is 3.82. The van der Waals surface area contributed by atoms with Gasteiger partial charge in [0.2, 0.25) is 5.91 Å². The molecule has 1 aromatic rings. The van der Waals surface area contributed by atoms with Gasteiger partial charge in [0.15, 0.2) is 0 Å². The fourth-order valence-corrected chi connectivity index (χ4v) is 0.945. The molecule has 0 aliphatic heterocycles. The standard InChI is InChI=1S/C8H11N3O/c9-7(5-8(10)12)6-1-3-11-4-2-6/h1-4,7H,5,9H2,(H2,10,12). The van der Waals surface area contributed by atoms with Crippen molar-refractivity contribution in [2.75, 3.05) is 0 Å². The molecule has 0 aliphatic carbocycles. The van der Waals surface area contributed by atoms with E-state index in [1.54, 1.807) is 24.5 Å². The summed E-state index contributed by atoms with van der Waals surface area (Å²) in [4.78, 5) is 14.3. The molecule has 0 saturated carbocycles. The van der Waals surface area contributed by atoms with Crippen LogP contribution < -0.4 is 11.5 Å². The minimum atomic E-state index is -0.390. The lowest BCUT2D eigenvalue weighted by Crippen LogP contribution is -2.20. The molecular weight excluding hydrogens is 154 g/mol. The Bertz CT molecular complexity index is 260. The molecule has 4 heteroatoms. The monoisotopic (exact) mass is 165 g/mol. The first-order chi connectivity index (χ1) is 5.70. The van der Waals surface area contributed by atoms with Crippen LogP contribution >= 0.6 is 0 Å². The Hall–Kier alpha value is -1.42. The quantitative estimate of drug-likeness (QED) is 0.659. The third-order valence-corrected chi connectivity index (χ3v) is 1.56. The Labute approximate surface area is 70.6 Å². The van der Waals surface area contributed by atoms with Gasteiger partial charge in [-0.25, -0.2) is 0 Å². The summed E-state index contributed by atoms with van der Waals surface area (Å²) in [6.45, 7) is 0. The van der Waals surface area contributed by atoms with E-state index in [2.05, 4.69) is 4.98 Å². The number of primary amides is 1. The molecule has 1 unspecified atom stereocenters. The first kappa shape index (κ1) is 8.67. The van der Waals surface area contributed by atoms with Crippen LogP contribution in [0.1, 0.15) is 18.0 Å². The number of carbonyl (C=O) groups excluding carboxylic acids is 1. The predicted octanol–water partition coefficient (Wildman–Crippen LogP) is -0.0432. The minimum Gasteiger partial charge on any atom is -0.370 e. The molecule has 1 atom stereocenters. The van der Waals surface area contributed by atoms with Crippen LogP contribution in [0.5, 0.6) is 0 Å². The van der Waals surface area contributed by atoms with Gasteiger partial charge in [0.25, 0.3) is 0 Å². The molecule has 0 radical (unpaired) electrons. The minimum absolute atomic E-state index is 0.171. The molecule has 0 spiro atoms. The summed E-state index contributed by atoms with van der Waals surface area (Å²) in [5, 5.41) is 0. The maximum absolute atomic E-state index is 10.5. The lowest BCUT2D eigenvalue weighted by atomic mass is 10.1. The van der Waals surface area contributed by atoms with Crippen LogP contribution in [0.4, 0.5) is 0 Å². The molecule has 1 amide bonds. The highest BCUT2D eigenvalue weighted by Gasteiger charge is 2.07. The van der Waals surface area contributed by atoms with Crippen LogP contribution in [0.3, 0.4) is 0 Å². The van der Waals surface area contributed by atoms with E-state index in [9.17, 15) is 4.79 Å². The number of pyridine rings is 1. The van der Waals surface area contributed by atoms with Crippen LogP contribution in [-0.4, -0.2) is 10.9 Å². The molecular formula is C8H11N3O. The molecule has 4 nitrogen and oxygen atoms in total. The highest BCUT2D eigenvalue weighted by molar-refractivity contribution is 5.74. The SMILES string of the molecule is NC(=O)CC(N)c1ccncc1. The number of hydrogen-bond donors (Lipinski definition) is 2. The summed E-state index contributed by atoms with van der Waals surface area (Å²) in [7, 11) is 0. The largest absolute Gasteiger partial charge is 0.370 e. The molecule has 12 heavy (non-hydrogen) atoms. The molecule has 0 bridgehead atoms. The van der Waals surface area contributed by atoms with Gasteiger partial charge in [-0.3, -0.25) is 9.78 Å². The van der Waals surface area contributed by atoms with Crippen molar-refractivity contribution in [3.63, 3.8) is 0 Å². The zero-order valence-corrected chi connectivity index (χ0v) is 6.60. The molecule has 0 aliphatic rings. The zero-order chi connectivity index (χ0) is 8.97. The van der Waals surface area contributed by atoms with Gasteiger partial charge in [0.05, 0.1) is 0 Å². The average molecular weight is 165 g/mol. The van der Waals surface area contributed by atoms with Gasteiger partial charge in [0.1, 0.15) is 0 Å². The van der Waals surface area contributed by atoms with E-state index in [1.807, 2.05) is 0 Å². The van der Waals surface area contributed by atoms with Gasteiger partial charge >= 0.3 is 0 Å². The van der Waals surface area contributed by atoms with E-state index >= 15 is 0 Å². The maximum atomic E-state index is 10.5. The van der Waals surface area contributed by atoms with Crippen molar-refractivity contribution >= 4 is 5.91 Å². The number of amides is 1. The van der Waals surface area contributed by atoms with Gasteiger partial charge < -0.3 is 11.5 Å². The summed E-state index contributed by atoms with van der Waals surface area (Å²) < 4.78 is 0. The van der Waals surface area contributed by atoms with Crippen molar-refractivity contribution < 1.29 is 4.79 Å². The molecule has 1 heterocycles. The van der Waals surface area contributed by atoms with Gasteiger partial charge in [-0.15, -0.1) is 0 Å². The first-order valence-electron chi connectivity index (χ1n) is 3.64. The molecule has 64 valence electrons. The number of nitrogens with two attached hydrogens (primary N) is 2. The van der Waals surface area contributed by atoms with E-state index in [0.717, 1.165) is 5.56 Å². The topological polar surface area (TPSA) is 82.0 Å². The number of carbonyl (C=O) groups is 1. The summed E-state index contributed by atoms with van der Waals surface area (Å²) >= 11 is 0. The smallest absolute Gasteiger partial charge is 0.219 e. The predicted molar refractivity (Wildman–Crippen MR) is 45.0 cm³/mol. The van der Waals surface area contributed by atoms with E-state index in [-0.39, 0.29) is 18.4 Å². The summed E-state index contributed by atoms with van der Waals surface area (Å²) in [5.74, 6) is -0.390. The lowest BCUT2D eigenvalue weighted by molar-refractivity contribution is -0.118. The Morgan fingerprint density at radius 1 is 1.50 bits per heavy atom. The average Bonchev–Trinajstić information content (AvgIpc) is 2.05. The van der Waals surface area contributed by atoms with E-state index < -0.39 is 0 Å². The lowest BCUT2D eigenvalue weighted by Gasteiger charge is -2.08. The van der Waals surface area contributed by atoms with E-state index in [0.29, 0.717) is 0 Å². The number of nitrogens with zero attached hydrogens (tertiary/aromatic N) is 1. The van der Waals surface area contributed by atoms with Crippen LogP contribution in [0, 0.1) is 0 Å². The molecule has 0 saturated heterocycles. The summed E-state index contributed by atoms with van der Waals surface area (Å²) in [6.07, 6.45) is 3.44. The van der Waals surface area contributed by atoms with Gasteiger partial charge in [0, 0.05) is 24.9 Å². The molecule has 0 fully saturated rings. The van der Waals surface area contributed by atoms with Crippen LogP contribution in [-0.2, 0) is 4.79 Å². The molecule has 0 aromatic carbocycles. The first-order valence-corrected chi connectivity index (χ1v) is 3.64. The maximum Gasteiger partial charge on any atom is 0.219 e. The van der Waals surface area contributed by atoms with Crippen LogP contribution in [0.25, 0.3) is 0 Å². The van der Waals surface area contributed by atoms with Gasteiger partial charge in [-0.1, -0.05) is 0 Å². The third kappa shape index (κ3) is 2.32. The van der Waals surface area contributed by atoms with E-state index in [1.165, 1.54) is 0 Å². The summed E-state index contributed by atoms with van der Waals surface area (Å²) in [6, 6.07) is 3.23. The molecule has 4 N–H and O–H groups in total. The van der Waals surface area contributed by atoms with E-state index in [4.69, 9.17) is 11.5 Å². The van der Waals surface area contributed by atoms with Crippen molar-refractivity contribution in [2.45, 2.75) is 12.5 Å². The van der Waals surface area contributed by atoms with Crippen molar-refractivity contribution in [1.82, 2.24) is 4.98 Å². The zero-order valence-electron chi connectivity index (χ0n) is 6.60. The second-order valence-electron chi connectivity index (χ2n) is 2.56. The summed E-state index contributed by atoms with van der Waals surface area (Å²) in [5.41, 5.74) is 11.5. The fourth-order valence-electron chi connectivity index (χ4n) is 0.945. The number of aromatic nitrogens is 1. The molecule has 1 rings (SSSR count). The van der Waals surface area contributed by atoms with Crippen molar-refractivity contribution in [1.29, 1.82) is 0 Å². The highest BCUT2D eigenvalue weighted by Crippen LogP contribution is 2.11. The Balaban J connectivity index is 2.65. The number of hydrogen-bond acceptors (Lipinski definition) is 3. The Morgan fingerprint density at radius 2 is 2.08 bits per heavy atom. The highest BCUT2D eigenvalue weighted by atomic mass is 16.1. The fraction of sp³-hybridized carbons (Fsp3) is 0.250. The Kier molecular flexibility index (Phi) is 2.76. The third-order valence-electron chi connectivity index (χ3n) is 1.56. The van der Waals surface area contributed by atoms with Crippen molar-refractivity contribution in [3.05, 3.63) is 30.1 Å².